The molecule has 1 aliphatic rings. The highest BCUT2D eigenvalue weighted by Gasteiger charge is 2.24. The van der Waals surface area contributed by atoms with E-state index in [1.165, 1.54) is 36.3 Å². The number of furan rings is 1. The van der Waals surface area contributed by atoms with E-state index in [1.807, 2.05) is 23.5 Å². The van der Waals surface area contributed by atoms with Crippen molar-refractivity contribution in [2.75, 3.05) is 0 Å². The molecule has 244 valence electrons. The predicted molar refractivity (Wildman–Crippen MR) is 218 cm³/mol. The first-order chi connectivity index (χ1) is 25.7. The third-order valence-corrected chi connectivity index (χ3v) is 11.5. The second kappa shape index (κ2) is 11.5. The summed E-state index contributed by atoms with van der Waals surface area (Å²) in [5.41, 5.74) is 8.93. The predicted octanol–water partition coefficient (Wildman–Crippen LogP) is 12.5. The molecule has 0 aliphatic carbocycles. The van der Waals surface area contributed by atoms with Gasteiger partial charge in [-0.1, -0.05) is 133 Å². The molecular weight excluding hydrogens is 655 g/mol. The number of rotatable bonds is 4. The van der Waals surface area contributed by atoms with Crippen molar-refractivity contribution in [2.24, 2.45) is 4.99 Å². The van der Waals surface area contributed by atoms with E-state index in [0.717, 1.165) is 66.9 Å². The highest BCUT2D eigenvalue weighted by Crippen LogP contribution is 2.43. The maximum atomic E-state index is 6.52. The standard InChI is InChI=1S/C47H29N3OS/c1-2-11-31-26-32(25-20-28(31)10-1)39-27-40(35-16-9-15-34-33-12-4-7-18-41(33)51-45(34)35)50-47(49-39)30-23-21-29(22-24-30)44-43-37-14-5-8-19-42(37)52-46(43)36-13-3-6-17-38(36)48-44/h1-27,40H,(H,49,50). The maximum Gasteiger partial charge on any atom is 0.141 e. The van der Waals surface area contributed by atoms with Crippen molar-refractivity contribution in [1.29, 1.82) is 0 Å². The molecule has 0 bridgehead atoms. The number of benzene rings is 7. The van der Waals surface area contributed by atoms with E-state index >= 15 is 0 Å². The Morgan fingerprint density at radius 3 is 2.19 bits per heavy atom. The Bertz CT molecular complexity index is 3110. The third-order valence-electron chi connectivity index (χ3n) is 10.3. The Labute approximate surface area is 303 Å². The van der Waals surface area contributed by atoms with Crippen molar-refractivity contribution < 1.29 is 4.42 Å². The second-order valence-electron chi connectivity index (χ2n) is 13.4. The molecule has 0 saturated heterocycles. The van der Waals surface area contributed by atoms with Gasteiger partial charge in [-0.2, -0.15) is 0 Å². The van der Waals surface area contributed by atoms with Crippen LogP contribution in [-0.2, 0) is 0 Å². The number of fused-ring (bicyclic) bond motifs is 9. The van der Waals surface area contributed by atoms with E-state index in [2.05, 4.69) is 157 Å². The van der Waals surface area contributed by atoms with Crippen LogP contribution in [0, 0.1) is 0 Å². The SMILES string of the molecule is C1=C(c2ccc3ccccc3c2)N=C(c2ccc(-c3nc4ccccc4c4sc5ccccc5c34)cc2)NC1c1cccc2c1oc1ccccc12. The summed E-state index contributed by atoms with van der Waals surface area (Å²) in [5.74, 6) is 0.813. The minimum Gasteiger partial charge on any atom is -0.456 e. The molecule has 5 heteroatoms. The van der Waals surface area contributed by atoms with Gasteiger partial charge in [0.2, 0.25) is 0 Å². The van der Waals surface area contributed by atoms with Gasteiger partial charge in [-0.25, -0.2) is 9.98 Å². The lowest BCUT2D eigenvalue weighted by atomic mass is 9.97. The number of hydrogen-bond donors (Lipinski definition) is 1. The molecule has 0 fully saturated rings. The van der Waals surface area contributed by atoms with Gasteiger partial charge in [0.1, 0.15) is 17.0 Å². The lowest BCUT2D eigenvalue weighted by Gasteiger charge is -2.25. The zero-order valence-corrected chi connectivity index (χ0v) is 28.7. The number of hydrogen-bond acceptors (Lipinski definition) is 5. The molecule has 1 N–H and O–H groups in total. The average molecular weight is 684 g/mol. The van der Waals surface area contributed by atoms with Crippen LogP contribution in [0.15, 0.2) is 173 Å². The summed E-state index contributed by atoms with van der Waals surface area (Å²) in [4.78, 5) is 10.5. The zero-order valence-electron chi connectivity index (χ0n) is 27.9. The molecule has 0 amide bonds. The fraction of sp³-hybridized carbons (Fsp3) is 0.0213. The second-order valence-corrected chi connectivity index (χ2v) is 14.4. The van der Waals surface area contributed by atoms with Crippen LogP contribution in [0.1, 0.15) is 22.7 Å². The van der Waals surface area contributed by atoms with Crippen molar-refractivity contribution in [1.82, 2.24) is 10.3 Å². The molecule has 11 rings (SSSR count). The summed E-state index contributed by atoms with van der Waals surface area (Å²) in [7, 11) is 0. The Morgan fingerprint density at radius 1 is 0.577 bits per heavy atom. The molecule has 1 aliphatic heterocycles. The molecule has 0 spiro atoms. The number of aliphatic imine (C=N–C) groups is 1. The first kappa shape index (κ1) is 29.2. The molecule has 0 radical (unpaired) electrons. The quantitative estimate of drug-likeness (QED) is 0.201. The van der Waals surface area contributed by atoms with Crippen LogP contribution in [0.5, 0.6) is 0 Å². The van der Waals surface area contributed by atoms with Crippen molar-refractivity contribution in [3.05, 3.63) is 180 Å². The van der Waals surface area contributed by atoms with Gasteiger partial charge < -0.3 is 9.73 Å². The number of nitrogens with zero attached hydrogens (tertiary/aromatic N) is 2. The van der Waals surface area contributed by atoms with Crippen LogP contribution in [-0.4, -0.2) is 10.8 Å². The Balaban J connectivity index is 1.05. The lowest BCUT2D eigenvalue weighted by molar-refractivity contribution is 0.652. The molecule has 7 aromatic carbocycles. The van der Waals surface area contributed by atoms with Crippen molar-refractivity contribution >= 4 is 86.7 Å². The molecular formula is C47H29N3OS. The van der Waals surface area contributed by atoms with E-state index in [1.54, 1.807) is 0 Å². The van der Waals surface area contributed by atoms with E-state index in [9.17, 15) is 0 Å². The Hall–Kier alpha value is -6.56. The molecule has 3 aromatic heterocycles. The minimum atomic E-state index is -0.170. The first-order valence-corrected chi connectivity index (χ1v) is 18.3. The monoisotopic (exact) mass is 683 g/mol. The highest BCUT2D eigenvalue weighted by molar-refractivity contribution is 7.26. The Morgan fingerprint density at radius 2 is 1.29 bits per heavy atom. The molecule has 1 unspecified atom stereocenters. The molecule has 0 saturated carbocycles. The summed E-state index contributed by atoms with van der Waals surface area (Å²) in [6.07, 6.45) is 2.22. The fourth-order valence-electron chi connectivity index (χ4n) is 7.78. The molecule has 52 heavy (non-hydrogen) atoms. The minimum absolute atomic E-state index is 0.170. The van der Waals surface area contributed by atoms with Gasteiger partial charge in [0.25, 0.3) is 0 Å². The van der Waals surface area contributed by atoms with Gasteiger partial charge >= 0.3 is 0 Å². The van der Waals surface area contributed by atoms with Crippen LogP contribution >= 0.6 is 11.3 Å². The fourth-order valence-corrected chi connectivity index (χ4v) is 9.02. The van der Waals surface area contributed by atoms with E-state index < -0.39 is 0 Å². The van der Waals surface area contributed by atoms with E-state index in [4.69, 9.17) is 14.4 Å². The zero-order chi connectivity index (χ0) is 34.2. The van der Waals surface area contributed by atoms with Crippen LogP contribution < -0.4 is 5.32 Å². The Kier molecular flexibility index (Phi) is 6.45. The number of para-hydroxylation sites is 3. The van der Waals surface area contributed by atoms with Gasteiger partial charge in [-0.3, -0.25) is 0 Å². The van der Waals surface area contributed by atoms with Crippen molar-refractivity contribution in [3.63, 3.8) is 0 Å². The van der Waals surface area contributed by atoms with E-state index in [-0.39, 0.29) is 6.04 Å². The average Bonchev–Trinajstić information content (AvgIpc) is 3.80. The molecule has 4 nitrogen and oxygen atoms in total. The third kappa shape index (κ3) is 4.60. The van der Waals surface area contributed by atoms with Crippen LogP contribution in [0.2, 0.25) is 0 Å². The van der Waals surface area contributed by atoms with Gasteiger partial charge in [0.15, 0.2) is 0 Å². The first-order valence-electron chi connectivity index (χ1n) is 17.5. The van der Waals surface area contributed by atoms with Crippen molar-refractivity contribution in [2.45, 2.75) is 6.04 Å². The number of thiophene rings is 1. The normalized spacial score (nSPS) is 14.7. The lowest BCUT2D eigenvalue weighted by Crippen LogP contribution is -2.31. The largest absolute Gasteiger partial charge is 0.456 e. The van der Waals surface area contributed by atoms with Crippen LogP contribution in [0.3, 0.4) is 0 Å². The summed E-state index contributed by atoms with van der Waals surface area (Å²) in [6.45, 7) is 0. The summed E-state index contributed by atoms with van der Waals surface area (Å²) in [5, 5.41) is 12.1. The number of pyridine rings is 1. The van der Waals surface area contributed by atoms with E-state index in [0.29, 0.717) is 0 Å². The van der Waals surface area contributed by atoms with Crippen LogP contribution in [0.25, 0.3) is 80.7 Å². The maximum absolute atomic E-state index is 6.52. The highest BCUT2D eigenvalue weighted by atomic mass is 32.1. The smallest absolute Gasteiger partial charge is 0.141 e. The van der Waals surface area contributed by atoms with Gasteiger partial charge in [-0.15, -0.1) is 11.3 Å². The van der Waals surface area contributed by atoms with Gasteiger partial charge in [-0.05, 0) is 41.1 Å². The van der Waals surface area contributed by atoms with Crippen molar-refractivity contribution in [3.8, 4) is 11.3 Å². The summed E-state index contributed by atoms with van der Waals surface area (Å²) >= 11 is 1.84. The molecule has 10 aromatic rings. The van der Waals surface area contributed by atoms with Crippen LogP contribution in [0.4, 0.5) is 0 Å². The summed E-state index contributed by atoms with van der Waals surface area (Å²) in [6, 6.07) is 55.4. The molecule has 1 atom stereocenters. The molecule has 4 heterocycles. The summed E-state index contributed by atoms with van der Waals surface area (Å²) < 4.78 is 9.06. The number of amidine groups is 1. The topological polar surface area (TPSA) is 50.4 Å². The van der Waals surface area contributed by atoms with Gasteiger partial charge in [0.05, 0.1) is 22.9 Å². The number of nitrogens with one attached hydrogen (secondary N) is 1. The van der Waals surface area contributed by atoms with Gasteiger partial charge in [0, 0.05) is 58.6 Å². The number of aromatic nitrogens is 1.